The summed E-state index contributed by atoms with van der Waals surface area (Å²) in [5.41, 5.74) is 0.331. The maximum atomic E-state index is 10.2. The van der Waals surface area contributed by atoms with E-state index >= 15 is 0 Å². The summed E-state index contributed by atoms with van der Waals surface area (Å²) in [5, 5.41) is 8.38. The number of hydrogen-bond acceptors (Lipinski definition) is 7. The summed E-state index contributed by atoms with van der Waals surface area (Å²) < 4.78 is 0. The molecule has 1 N–H and O–H groups in total. The molecule has 0 fully saturated rings. The molecule has 0 aliphatic heterocycles. The second-order valence-corrected chi connectivity index (χ2v) is 49.8. The van der Waals surface area contributed by atoms with Gasteiger partial charge >= 0.3 is 73.1 Å². The molecule has 99 valence electrons. The van der Waals surface area contributed by atoms with Gasteiger partial charge in [0.1, 0.15) is 0 Å². The van der Waals surface area contributed by atoms with E-state index in [9.17, 15) is 4.79 Å². The monoisotopic (exact) mass is 427 g/mol. The quantitative estimate of drug-likeness (QED) is 0.276. The van der Waals surface area contributed by atoms with Crippen molar-refractivity contribution in [3.63, 3.8) is 0 Å². The fourth-order valence-corrected chi connectivity index (χ4v) is 0.581. The Kier molecular flexibility index (Phi) is 5.76. The summed E-state index contributed by atoms with van der Waals surface area (Å²) >= 11 is 0. The van der Waals surface area contributed by atoms with Crippen LogP contribution in [0.3, 0.4) is 0 Å². The number of aromatic carboxylic acids is 1. The van der Waals surface area contributed by atoms with E-state index in [0.29, 0.717) is 5.56 Å². The van der Waals surface area contributed by atoms with Crippen LogP contribution in [0.4, 0.5) is 0 Å². The van der Waals surface area contributed by atoms with Crippen molar-refractivity contribution < 1.29 is 16.4 Å². The van der Waals surface area contributed by atoms with E-state index < -0.39 is 12.5 Å². The summed E-state index contributed by atoms with van der Waals surface area (Å²) in [5.74, 6) is -0.879. The molecule has 0 aromatic heterocycles. The van der Waals surface area contributed by atoms with Gasteiger partial charge in [0.25, 0.3) is 0 Å². The molecule has 0 unspecified atom stereocenters. The molecule has 0 atom stereocenters. The Labute approximate surface area is 117 Å². The first kappa shape index (κ1) is 17.5. The summed E-state index contributed by atoms with van der Waals surface area (Å²) in [7, 11) is 23.5. The summed E-state index contributed by atoms with van der Waals surface area (Å²) in [6.45, 7) is -3.68. The van der Waals surface area contributed by atoms with Crippen LogP contribution in [0.1, 0.15) is 10.4 Å². The van der Waals surface area contributed by atoms with Gasteiger partial charge in [-0.25, -0.2) is 4.79 Å². The van der Waals surface area contributed by atoms with E-state index in [-0.39, 0.29) is 0 Å². The van der Waals surface area contributed by atoms with E-state index in [1.54, 1.807) is 30.3 Å². The zero-order valence-electron chi connectivity index (χ0n) is 7.73. The van der Waals surface area contributed by atoms with Gasteiger partial charge < -0.3 is 5.11 Å². The van der Waals surface area contributed by atoms with Gasteiger partial charge in [-0.15, -0.1) is 0 Å². The first-order valence-electron chi connectivity index (χ1n) is 3.40. The number of thiol groups is 6. The molecule has 0 radical (unpaired) electrons. The summed E-state index contributed by atoms with van der Waals surface area (Å²) in [6, 6.07) is 8.30. The molecule has 0 bridgehead atoms. The molecule has 0 amide bonds. The molecule has 0 aliphatic rings. The van der Waals surface area contributed by atoms with Gasteiger partial charge in [-0.05, 0) is 12.1 Å². The van der Waals surface area contributed by atoms with E-state index in [0.717, 1.165) is 0 Å². The average Bonchev–Trinajstić information content (AvgIpc) is 2.00. The first-order chi connectivity index (χ1) is 6.75. The van der Waals surface area contributed by atoms with Crippen molar-refractivity contribution in [1.82, 2.24) is 0 Å². The molecule has 2 nitrogen and oxygen atoms in total. The van der Waals surface area contributed by atoms with Crippen molar-refractivity contribution in [1.29, 1.82) is 0 Å². The zero-order chi connectivity index (χ0) is 13.1. The van der Waals surface area contributed by atoms with Crippen molar-refractivity contribution in [3.05, 3.63) is 35.9 Å². The molecular formula is C7H12AgO2S6. The second-order valence-electron chi connectivity index (χ2n) is 2.58. The number of benzene rings is 1. The zero-order valence-corrected chi connectivity index (χ0v) is 14.6. The van der Waals surface area contributed by atoms with Crippen LogP contribution in [0.5, 0.6) is 0 Å². The maximum absolute atomic E-state index is 10.2. The molecule has 0 saturated heterocycles. The fourth-order valence-electron chi connectivity index (χ4n) is 0.581. The minimum atomic E-state index is -3.68. The number of carbonyl (C=O) groups is 1. The van der Waals surface area contributed by atoms with E-state index in [2.05, 4.69) is 60.6 Å². The second kappa shape index (κ2) is 5.26. The summed E-state index contributed by atoms with van der Waals surface area (Å²) in [6.07, 6.45) is 0. The Morgan fingerprint density at radius 2 is 1.25 bits per heavy atom. The van der Waals surface area contributed by atoms with Gasteiger partial charge in [0, 0.05) is 0 Å². The predicted molar refractivity (Wildman–Crippen MR) is 87.3 cm³/mol. The van der Waals surface area contributed by atoms with Gasteiger partial charge in [0.05, 0.1) is 5.56 Å². The molecule has 1 rings (SSSR count). The van der Waals surface area contributed by atoms with Crippen LogP contribution >= 0.6 is 60.6 Å². The molecule has 16 heavy (non-hydrogen) atoms. The molecule has 0 aliphatic carbocycles. The number of carboxylic acid groups (broad SMARTS) is 1. The third kappa shape index (κ3) is 17.9. The average molecular weight is 428 g/mol. The van der Waals surface area contributed by atoms with Crippen molar-refractivity contribution in [2.45, 2.75) is 0 Å². The number of hydrogen-bond donors (Lipinski definition) is 7. The summed E-state index contributed by atoms with van der Waals surface area (Å²) in [4.78, 5) is 10.2. The molecule has 0 heterocycles. The van der Waals surface area contributed by atoms with Gasteiger partial charge in [0.2, 0.25) is 0 Å². The van der Waals surface area contributed by atoms with E-state index in [1.807, 2.05) is 0 Å². The Morgan fingerprint density at radius 1 is 0.938 bits per heavy atom. The Hall–Kier alpha value is 1.53. The third-order valence-electron chi connectivity index (χ3n) is 1.02. The van der Waals surface area contributed by atoms with Crippen LogP contribution < -0.4 is 0 Å². The van der Waals surface area contributed by atoms with Crippen LogP contribution in [0, 0.1) is 0 Å². The van der Waals surface area contributed by atoms with Gasteiger partial charge in [-0.3, -0.25) is 0 Å². The number of rotatable bonds is 1. The van der Waals surface area contributed by atoms with Crippen molar-refractivity contribution >= 4 is 66.5 Å². The van der Waals surface area contributed by atoms with Crippen LogP contribution in [-0.4, -0.2) is 11.1 Å². The minimum absolute atomic E-state index is 0.331. The van der Waals surface area contributed by atoms with Crippen LogP contribution in [0.25, 0.3) is 0 Å². The van der Waals surface area contributed by atoms with Crippen LogP contribution in [0.2, 0.25) is 0 Å². The molecule has 9 heteroatoms. The van der Waals surface area contributed by atoms with Gasteiger partial charge in [0.15, 0.2) is 0 Å². The standard InChI is InChI=1S/C7H6O2.Ag.6H2S/c8-7(9)6-4-2-1-3-5-6;;;;;;;/h1-5H,(H,8,9);;6*1H2/q;+6;;;;;;/p-6. The first-order valence-corrected chi connectivity index (χ1v) is 16.9. The van der Waals surface area contributed by atoms with E-state index in [1.165, 1.54) is 0 Å². The normalized spacial score (nSPS) is 15.1. The van der Waals surface area contributed by atoms with Gasteiger partial charge in [-0.2, -0.15) is 0 Å². The topological polar surface area (TPSA) is 37.3 Å². The van der Waals surface area contributed by atoms with Crippen LogP contribution in [-0.2, 0) is 6.54 Å². The molecule has 0 saturated carbocycles. The fraction of sp³-hybridized carbons (Fsp3) is 0. The molecule has 1 aromatic rings. The Balaban J connectivity index is 0.000000293. The third-order valence-corrected chi connectivity index (χ3v) is 1.02. The van der Waals surface area contributed by atoms with Crippen molar-refractivity contribution in [2.75, 3.05) is 0 Å². The number of carboxylic acids is 1. The van der Waals surface area contributed by atoms with E-state index in [4.69, 9.17) is 5.11 Å². The predicted octanol–water partition coefficient (Wildman–Crippen LogP) is 3.67. The Bertz CT molecular complexity index is 358. The Morgan fingerprint density at radius 3 is 1.44 bits per heavy atom. The molecule has 1 aromatic carbocycles. The SMILES string of the molecule is O=C(O)c1ccccc1.[SH][Ag]([SH])([SH])([SH])([SH])[SH]. The van der Waals surface area contributed by atoms with Crippen LogP contribution in [0.15, 0.2) is 30.3 Å². The van der Waals surface area contributed by atoms with Crippen molar-refractivity contribution in [3.8, 4) is 0 Å². The molecular weight excluding hydrogens is 416 g/mol. The van der Waals surface area contributed by atoms with Crippen molar-refractivity contribution in [2.24, 2.45) is 0 Å². The van der Waals surface area contributed by atoms with Gasteiger partial charge in [-0.1, -0.05) is 18.2 Å². The molecule has 0 spiro atoms.